The van der Waals surface area contributed by atoms with E-state index < -0.39 is 0 Å². The van der Waals surface area contributed by atoms with Crippen LogP contribution in [0.1, 0.15) is 17.7 Å². The highest BCUT2D eigenvalue weighted by Crippen LogP contribution is 2.24. The van der Waals surface area contributed by atoms with E-state index in [1.165, 1.54) is 23.4 Å². The Morgan fingerprint density at radius 1 is 1.57 bits per heavy atom. The minimum atomic E-state index is 0.897. The summed E-state index contributed by atoms with van der Waals surface area (Å²) >= 11 is 0. The van der Waals surface area contributed by atoms with E-state index >= 15 is 0 Å². The van der Waals surface area contributed by atoms with Crippen molar-refractivity contribution >= 4 is 5.69 Å². The van der Waals surface area contributed by atoms with Gasteiger partial charge in [0, 0.05) is 26.3 Å². The number of aromatic nitrogens is 1. The van der Waals surface area contributed by atoms with Gasteiger partial charge in [-0.15, -0.1) is 0 Å². The lowest BCUT2D eigenvalue weighted by atomic mass is 10.1. The SMILES string of the molecule is CNCc1cnc2c(c1)N(C)CCC2. The third-order valence-electron chi connectivity index (χ3n) is 2.70. The molecule has 1 aliphatic rings. The molecule has 0 unspecified atom stereocenters. The summed E-state index contributed by atoms with van der Waals surface area (Å²) in [5, 5.41) is 3.15. The Morgan fingerprint density at radius 3 is 3.21 bits per heavy atom. The maximum absolute atomic E-state index is 4.51. The molecule has 0 radical (unpaired) electrons. The highest BCUT2D eigenvalue weighted by molar-refractivity contribution is 5.53. The summed E-state index contributed by atoms with van der Waals surface area (Å²) in [6.07, 6.45) is 4.33. The summed E-state index contributed by atoms with van der Waals surface area (Å²) in [4.78, 5) is 6.80. The molecule has 0 bridgehead atoms. The van der Waals surface area contributed by atoms with Crippen LogP contribution < -0.4 is 10.2 Å². The maximum atomic E-state index is 4.51. The van der Waals surface area contributed by atoms with Crippen LogP contribution in [0.25, 0.3) is 0 Å². The van der Waals surface area contributed by atoms with Crippen LogP contribution in [0.3, 0.4) is 0 Å². The Hall–Kier alpha value is -1.09. The molecule has 14 heavy (non-hydrogen) atoms. The zero-order chi connectivity index (χ0) is 9.97. The first-order valence-electron chi connectivity index (χ1n) is 5.15. The second-order valence-electron chi connectivity index (χ2n) is 3.86. The van der Waals surface area contributed by atoms with Gasteiger partial charge in [0.1, 0.15) is 0 Å². The highest BCUT2D eigenvalue weighted by atomic mass is 15.1. The van der Waals surface area contributed by atoms with E-state index in [9.17, 15) is 0 Å². The molecule has 3 heteroatoms. The van der Waals surface area contributed by atoms with E-state index in [1.807, 2.05) is 13.2 Å². The van der Waals surface area contributed by atoms with Crippen LogP contribution in [-0.2, 0) is 13.0 Å². The van der Waals surface area contributed by atoms with Crippen LogP contribution in [0.15, 0.2) is 12.3 Å². The Morgan fingerprint density at radius 2 is 2.43 bits per heavy atom. The molecular weight excluding hydrogens is 174 g/mol. The zero-order valence-electron chi connectivity index (χ0n) is 8.88. The molecule has 1 aliphatic heterocycles. The summed E-state index contributed by atoms with van der Waals surface area (Å²) < 4.78 is 0. The fraction of sp³-hybridized carbons (Fsp3) is 0.545. The lowest BCUT2D eigenvalue weighted by Gasteiger charge is -2.27. The maximum Gasteiger partial charge on any atom is 0.0637 e. The van der Waals surface area contributed by atoms with Crippen LogP contribution in [0.4, 0.5) is 5.69 Å². The van der Waals surface area contributed by atoms with Gasteiger partial charge in [-0.1, -0.05) is 0 Å². The van der Waals surface area contributed by atoms with Gasteiger partial charge in [-0.3, -0.25) is 4.98 Å². The fourth-order valence-corrected chi connectivity index (χ4v) is 1.95. The Kier molecular flexibility index (Phi) is 2.68. The van der Waals surface area contributed by atoms with Crippen molar-refractivity contribution in [1.82, 2.24) is 10.3 Å². The predicted molar refractivity (Wildman–Crippen MR) is 58.6 cm³/mol. The van der Waals surface area contributed by atoms with Crippen LogP contribution in [0.2, 0.25) is 0 Å². The highest BCUT2D eigenvalue weighted by Gasteiger charge is 2.14. The van der Waals surface area contributed by atoms with Gasteiger partial charge in [-0.05, 0) is 31.5 Å². The number of nitrogens with one attached hydrogen (secondary N) is 1. The molecule has 0 amide bonds. The second kappa shape index (κ2) is 3.96. The van der Waals surface area contributed by atoms with Crippen molar-refractivity contribution in [1.29, 1.82) is 0 Å². The summed E-state index contributed by atoms with van der Waals surface area (Å²) in [6, 6.07) is 2.25. The third-order valence-corrected chi connectivity index (χ3v) is 2.70. The molecule has 1 N–H and O–H groups in total. The first kappa shape index (κ1) is 9.46. The first-order chi connectivity index (χ1) is 6.81. The standard InChI is InChI=1S/C11H17N3/c1-12-7-9-6-11-10(13-8-9)4-3-5-14(11)2/h6,8,12H,3-5,7H2,1-2H3. The smallest absolute Gasteiger partial charge is 0.0637 e. The third kappa shape index (κ3) is 1.73. The quantitative estimate of drug-likeness (QED) is 0.761. The number of hydrogen-bond donors (Lipinski definition) is 1. The van der Waals surface area contributed by atoms with Crippen molar-refractivity contribution < 1.29 is 0 Å². The van der Waals surface area contributed by atoms with Crippen molar-refractivity contribution in [2.24, 2.45) is 0 Å². The average molecular weight is 191 g/mol. The summed E-state index contributed by atoms with van der Waals surface area (Å²) in [5.74, 6) is 0. The van der Waals surface area contributed by atoms with Crippen molar-refractivity contribution in [2.75, 3.05) is 25.5 Å². The van der Waals surface area contributed by atoms with E-state index in [2.05, 4.69) is 28.3 Å². The molecule has 2 rings (SSSR count). The normalized spacial score (nSPS) is 15.4. The van der Waals surface area contributed by atoms with Crippen LogP contribution in [-0.4, -0.2) is 25.6 Å². The number of anilines is 1. The van der Waals surface area contributed by atoms with Gasteiger partial charge in [-0.25, -0.2) is 0 Å². The number of rotatable bonds is 2. The molecule has 0 aromatic carbocycles. The molecule has 2 heterocycles. The summed E-state index contributed by atoms with van der Waals surface area (Å²) in [7, 11) is 4.10. The van der Waals surface area contributed by atoms with Crippen molar-refractivity contribution in [3.05, 3.63) is 23.5 Å². The number of pyridine rings is 1. The summed E-state index contributed by atoms with van der Waals surface area (Å²) in [6.45, 7) is 2.05. The van der Waals surface area contributed by atoms with E-state index in [0.29, 0.717) is 0 Å². The van der Waals surface area contributed by atoms with Gasteiger partial charge < -0.3 is 10.2 Å². The second-order valence-corrected chi connectivity index (χ2v) is 3.86. The van der Waals surface area contributed by atoms with Crippen molar-refractivity contribution in [3.63, 3.8) is 0 Å². The number of aryl methyl sites for hydroxylation is 1. The van der Waals surface area contributed by atoms with Gasteiger partial charge in [-0.2, -0.15) is 0 Å². The molecule has 76 valence electrons. The topological polar surface area (TPSA) is 28.2 Å². The van der Waals surface area contributed by atoms with Crippen LogP contribution in [0, 0.1) is 0 Å². The van der Waals surface area contributed by atoms with E-state index in [-0.39, 0.29) is 0 Å². The molecule has 0 aliphatic carbocycles. The molecule has 0 saturated carbocycles. The lowest BCUT2D eigenvalue weighted by molar-refractivity contribution is 0.718. The van der Waals surface area contributed by atoms with E-state index in [4.69, 9.17) is 0 Å². The minimum absolute atomic E-state index is 0.897. The van der Waals surface area contributed by atoms with E-state index in [0.717, 1.165) is 19.5 Å². The fourth-order valence-electron chi connectivity index (χ4n) is 1.95. The molecule has 1 aromatic rings. The zero-order valence-corrected chi connectivity index (χ0v) is 8.88. The minimum Gasteiger partial charge on any atom is -0.373 e. The van der Waals surface area contributed by atoms with Crippen molar-refractivity contribution in [3.8, 4) is 0 Å². The van der Waals surface area contributed by atoms with E-state index in [1.54, 1.807) is 0 Å². The lowest BCUT2D eigenvalue weighted by Crippen LogP contribution is -2.25. The average Bonchev–Trinajstić information content (AvgIpc) is 2.20. The molecule has 0 saturated heterocycles. The molecular formula is C11H17N3. The van der Waals surface area contributed by atoms with Gasteiger partial charge >= 0.3 is 0 Å². The Balaban J connectivity index is 2.31. The molecule has 0 atom stereocenters. The summed E-state index contributed by atoms with van der Waals surface area (Å²) in [5.41, 5.74) is 3.82. The molecule has 0 spiro atoms. The van der Waals surface area contributed by atoms with Crippen molar-refractivity contribution in [2.45, 2.75) is 19.4 Å². The molecule has 1 aromatic heterocycles. The monoisotopic (exact) mass is 191 g/mol. The number of fused-ring (bicyclic) bond motifs is 1. The number of nitrogens with zero attached hydrogens (tertiary/aromatic N) is 2. The van der Waals surface area contributed by atoms with Crippen LogP contribution >= 0.6 is 0 Å². The Labute approximate surface area is 85.1 Å². The molecule has 3 nitrogen and oxygen atoms in total. The van der Waals surface area contributed by atoms with Crippen LogP contribution in [0.5, 0.6) is 0 Å². The number of hydrogen-bond acceptors (Lipinski definition) is 3. The largest absolute Gasteiger partial charge is 0.373 e. The van der Waals surface area contributed by atoms with Gasteiger partial charge in [0.15, 0.2) is 0 Å². The predicted octanol–water partition coefficient (Wildman–Crippen LogP) is 1.18. The Bertz CT molecular complexity index is 322. The van der Waals surface area contributed by atoms with Gasteiger partial charge in [0.25, 0.3) is 0 Å². The van der Waals surface area contributed by atoms with Gasteiger partial charge in [0.05, 0.1) is 11.4 Å². The van der Waals surface area contributed by atoms with Gasteiger partial charge in [0.2, 0.25) is 0 Å². The first-order valence-corrected chi connectivity index (χ1v) is 5.15. The molecule has 0 fully saturated rings.